The smallest absolute Gasteiger partial charge is 0.249 e. The second-order valence-corrected chi connectivity index (χ2v) is 12.2. The number of aliphatic hydroxyl groups is 4. The maximum absolute atomic E-state index is 12.4. The molecule has 4 atom stereocenters. The molecule has 0 aliphatic carbocycles. The highest BCUT2D eigenvalue weighted by molar-refractivity contribution is 5.80. The Morgan fingerprint density at radius 3 is 1.20 bits per heavy atom. The van der Waals surface area contributed by atoms with Crippen molar-refractivity contribution in [1.82, 2.24) is 5.32 Å². The summed E-state index contributed by atoms with van der Waals surface area (Å²) in [6, 6.07) is -0.975. The Balaban J connectivity index is 3.83. The molecule has 0 aliphatic heterocycles. The Hall–Kier alpha value is -0.690. The lowest BCUT2D eigenvalue weighted by molar-refractivity contribution is -0.132. The van der Waals surface area contributed by atoms with Gasteiger partial charge in [0.1, 0.15) is 12.2 Å². The predicted molar refractivity (Wildman–Crippen MR) is 168 cm³/mol. The van der Waals surface area contributed by atoms with Gasteiger partial charge in [0.15, 0.2) is 0 Å². The summed E-state index contributed by atoms with van der Waals surface area (Å²) < 4.78 is 0. The molecule has 0 rings (SSSR count). The molecule has 0 spiro atoms. The van der Waals surface area contributed by atoms with E-state index >= 15 is 0 Å². The topological polar surface area (TPSA) is 110 Å². The molecule has 6 heteroatoms. The molecule has 240 valence electrons. The molecule has 0 saturated heterocycles. The van der Waals surface area contributed by atoms with E-state index in [0.29, 0.717) is 12.8 Å². The van der Waals surface area contributed by atoms with Crippen molar-refractivity contribution in [2.24, 2.45) is 0 Å². The fourth-order valence-electron chi connectivity index (χ4n) is 5.46. The lowest BCUT2D eigenvalue weighted by Crippen LogP contribution is -2.53. The third-order valence-corrected chi connectivity index (χ3v) is 8.32. The summed E-state index contributed by atoms with van der Waals surface area (Å²) in [5.41, 5.74) is 0. The minimum atomic E-state index is -1.25. The van der Waals surface area contributed by atoms with Crippen LogP contribution in [0.25, 0.3) is 0 Å². The number of carbonyl (C=O) groups excluding carboxylic acids is 1. The van der Waals surface area contributed by atoms with Crippen molar-refractivity contribution < 1.29 is 25.2 Å². The Kier molecular flexibility index (Phi) is 29.3. The van der Waals surface area contributed by atoms with Crippen LogP contribution in [0.2, 0.25) is 0 Å². The minimum absolute atomic E-state index is 0.374. The number of aliphatic hydroxyl groups excluding tert-OH is 4. The van der Waals surface area contributed by atoms with Crippen LogP contribution in [0.1, 0.15) is 181 Å². The van der Waals surface area contributed by atoms with Gasteiger partial charge in [-0.1, -0.05) is 168 Å². The van der Waals surface area contributed by atoms with Crippen molar-refractivity contribution >= 4 is 5.91 Å². The standard InChI is InChI=1S/C34H69NO5/c1-3-5-7-9-11-13-15-16-18-20-22-24-26-28-32(38)34(40)35-30(29-36)33(39)31(37)27-25-23-21-19-17-14-12-10-8-6-4-2/h30-33,36-39H,3-29H2,1-2H3,(H,35,40). The average molecular weight is 572 g/mol. The van der Waals surface area contributed by atoms with E-state index in [2.05, 4.69) is 19.2 Å². The molecule has 4 unspecified atom stereocenters. The van der Waals surface area contributed by atoms with Crippen LogP contribution in [0.5, 0.6) is 0 Å². The van der Waals surface area contributed by atoms with Crippen molar-refractivity contribution in [2.75, 3.05) is 6.61 Å². The fraction of sp³-hybridized carbons (Fsp3) is 0.971. The first-order valence-corrected chi connectivity index (χ1v) is 17.4. The largest absolute Gasteiger partial charge is 0.394 e. The van der Waals surface area contributed by atoms with Crippen LogP contribution in [0, 0.1) is 0 Å². The highest BCUT2D eigenvalue weighted by Gasteiger charge is 2.28. The van der Waals surface area contributed by atoms with Gasteiger partial charge in [-0.25, -0.2) is 0 Å². The lowest BCUT2D eigenvalue weighted by atomic mass is 9.99. The number of hydrogen-bond acceptors (Lipinski definition) is 5. The number of nitrogens with one attached hydrogen (secondary N) is 1. The molecule has 5 N–H and O–H groups in total. The zero-order valence-corrected chi connectivity index (χ0v) is 26.6. The molecular formula is C34H69NO5. The first kappa shape index (κ1) is 39.3. The van der Waals surface area contributed by atoms with Gasteiger partial charge < -0.3 is 25.7 Å². The summed E-state index contributed by atoms with van der Waals surface area (Å²) in [7, 11) is 0. The summed E-state index contributed by atoms with van der Waals surface area (Å²) in [5, 5.41) is 43.3. The lowest BCUT2D eigenvalue weighted by Gasteiger charge is -2.27. The number of unbranched alkanes of at least 4 members (excludes halogenated alkanes) is 22. The van der Waals surface area contributed by atoms with E-state index in [1.54, 1.807) is 0 Å². The molecule has 0 aromatic rings. The second-order valence-electron chi connectivity index (χ2n) is 12.2. The maximum Gasteiger partial charge on any atom is 0.249 e. The van der Waals surface area contributed by atoms with Crippen molar-refractivity contribution in [2.45, 2.75) is 205 Å². The average Bonchev–Trinajstić information content (AvgIpc) is 2.96. The molecule has 0 bridgehead atoms. The van der Waals surface area contributed by atoms with Gasteiger partial charge in [0, 0.05) is 0 Å². The molecule has 0 aliphatic rings. The van der Waals surface area contributed by atoms with E-state index in [-0.39, 0.29) is 0 Å². The van der Waals surface area contributed by atoms with Gasteiger partial charge in [-0.2, -0.15) is 0 Å². The summed E-state index contributed by atoms with van der Waals surface area (Å²) in [6.45, 7) is 4.01. The van der Waals surface area contributed by atoms with Crippen molar-refractivity contribution in [3.63, 3.8) is 0 Å². The molecule has 0 heterocycles. The summed E-state index contributed by atoms with van der Waals surface area (Å²) >= 11 is 0. The second kappa shape index (κ2) is 29.8. The number of hydrogen-bond donors (Lipinski definition) is 5. The number of carbonyl (C=O) groups is 1. The maximum atomic E-state index is 12.4. The van der Waals surface area contributed by atoms with Crippen molar-refractivity contribution in [1.29, 1.82) is 0 Å². The van der Waals surface area contributed by atoms with E-state index in [4.69, 9.17) is 0 Å². The molecule has 0 aromatic heterocycles. The third kappa shape index (κ3) is 24.0. The van der Waals surface area contributed by atoms with Gasteiger partial charge >= 0.3 is 0 Å². The fourth-order valence-corrected chi connectivity index (χ4v) is 5.46. The summed E-state index contributed by atoms with van der Waals surface area (Å²) in [6.07, 6.45) is 26.9. The molecule has 0 aromatic carbocycles. The Morgan fingerprint density at radius 2 is 0.850 bits per heavy atom. The van der Waals surface area contributed by atoms with E-state index < -0.39 is 36.9 Å². The Labute approximate surface area is 248 Å². The van der Waals surface area contributed by atoms with Gasteiger partial charge in [-0.3, -0.25) is 4.79 Å². The van der Waals surface area contributed by atoms with Crippen LogP contribution in [0.3, 0.4) is 0 Å². The normalized spacial score (nSPS) is 14.7. The molecule has 1 amide bonds. The van der Waals surface area contributed by atoms with E-state index in [9.17, 15) is 25.2 Å². The number of rotatable bonds is 31. The van der Waals surface area contributed by atoms with E-state index in [1.807, 2.05) is 0 Å². The van der Waals surface area contributed by atoms with Gasteiger partial charge in [0.2, 0.25) is 5.91 Å². The first-order valence-electron chi connectivity index (χ1n) is 17.4. The highest BCUT2D eigenvalue weighted by Crippen LogP contribution is 2.16. The first-order chi connectivity index (χ1) is 19.5. The molecule has 0 saturated carbocycles. The van der Waals surface area contributed by atoms with Crippen LogP contribution in [-0.4, -0.2) is 57.3 Å². The zero-order chi connectivity index (χ0) is 29.7. The van der Waals surface area contributed by atoms with Crippen LogP contribution < -0.4 is 5.32 Å². The molecule has 0 fully saturated rings. The van der Waals surface area contributed by atoms with Crippen LogP contribution in [0.4, 0.5) is 0 Å². The summed E-state index contributed by atoms with van der Waals surface area (Å²) in [4.78, 5) is 12.4. The van der Waals surface area contributed by atoms with Gasteiger partial charge in [0.25, 0.3) is 0 Å². The monoisotopic (exact) mass is 572 g/mol. The zero-order valence-electron chi connectivity index (χ0n) is 26.6. The van der Waals surface area contributed by atoms with E-state index in [0.717, 1.165) is 38.5 Å². The highest BCUT2D eigenvalue weighted by atomic mass is 16.3. The van der Waals surface area contributed by atoms with Crippen molar-refractivity contribution in [3.8, 4) is 0 Å². The van der Waals surface area contributed by atoms with Crippen molar-refractivity contribution in [3.05, 3.63) is 0 Å². The van der Waals surface area contributed by atoms with Gasteiger partial charge in [-0.05, 0) is 12.8 Å². The van der Waals surface area contributed by atoms with E-state index in [1.165, 1.54) is 116 Å². The van der Waals surface area contributed by atoms with Gasteiger partial charge in [-0.15, -0.1) is 0 Å². The van der Waals surface area contributed by atoms with Gasteiger partial charge in [0.05, 0.1) is 18.8 Å². The summed E-state index contributed by atoms with van der Waals surface area (Å²) in [5.74, 6) is -0.584. The SMILES string of the molecule is CCCCCCCCCCCCCCCC(O)C(=O)NC(CO)C(O)C(O)CCCCCCCCCCCCC. The molecule has 6 nitrogen and oxygen atoms in total. The predicted octanol–water partition coefficient (Wildman–Crippen LogP) is 7.73. The quantitative estimate of drug-likeness (QED) is 0.0547. The molecular weight excluding hydrogens is 502 g/mol. The molecule has 0 radical (unpaired) electrons. The molecule has 40 heavy (non-hydrogen) atoms. The van der Waals surface area contributed by atoms with Crippen LogP contribution >= 0.6 is 0 Å². The number of amides is 1. The Morgan fingerprint density at radius 1 is 0.525 bits per heavy atom. The third-order valence-electron chi connectivity index (χ3n) is 8.32. The minimum Gasteiger partial charge on any atom is -0.394 e. The Bertz CT molecular complexity index is 532. The van der Waals surface area contributed by atoms with Crippen LogP contribution in [0.15, 0.2) is 0 Å². The van der Waals surface area contributed by atoms with Crippen LogP contribution in [-0.2, 0) is 4.79 Å².